The van der Waals surface area contributed by atoms with Crippen LogP contribution in [0.1, 0.15) is 21.7 Å². The number of nitrogen functional groups attached to an aromatic ring is 1. The van der Waals surface area contributed by atoms with Crippen molar-refractivity contribution in [3.8, 4) is 0 Å². The van der Waals surface area contributed by atoms with E-state index in [1.807, 2.05) is 0 Å². The van der Waals surface area contributed by atoms with Crippen molar-refractivity contribution in [1.29, 1.82) is 0 Å². The normalized spacial score (nSPS) is 10.2. The zero-order chi connectivity index (χ0) is 12.3. The number of hydrogen-bond acceptors (Lipinski definition) is 5. The van der Waals surface area contributed by atoms with Crippen molar-refractivity contribution in [1.82, 2.24) is 25.9 Å². The molecular formula is C10H12N6O. The summed E-state index contributed by atoms with van der Waals surface area (Å²) >= 11 is 0. The van der Waals surface area contributed by atoms with E-state index in [-0.39, 0.29) is 12.5 Å². The van der Waals surface area contributed by atoms with Crippen LogP contribution in [0.5, 0.6) is 0 Å². The first-order valence-electron chi connectivity index (χ1n) is 5.04. The highest BCUT2D eigenvalue weighted by molar-refractivity contribution is 5.96. The predicted octanol–water partition coefficient (Wildman–Crippen LogP) is 0.0203. The van der Waals surface area contributed by atoms with Crippen LogP contribution in [0.2, 0.25) is 0 Å². The second-order valence-corrected chi connectivity index (χ2v) is 3.53. The zero-order valence-corrected chi connectivity index (χ0v) is 9.27. The van der Waals surface area contributed by atoms with Gasteiger partial charge in [0.1, 0.15) is 0 Å². The smallest absolute Gasteiger partial charge is 0.252 e. The fourth-order valence-corrected chi connectivity index (χ4v) is 1.41. The number of nitrogens with zero attached hydrogens (tertiary/aromatic N) is 3. The predicted molar refractivity (Wildman–Crippen MR) is 60.9 cm³/mol. The Morgan fingerprint density at radius 1 is 1.53 bits per heavy atom. The second-order valence-electron chi connectivity index (χ2n) is 3.53. The van der Waals surface area contributed by atoms with Crippen molar-refractivity contribution in [2.75, 3.05) is 5.73 Å². The first-order valence-corrected chi connectivity index (χ1v) is 5.04. The van der Waals surface area contributed by atoms with Crippen LogP contribution >= 0.6 is 0 Å². The third-order valence-corrected chi connectivity index (χ3v) is 2.42. The maximum Gasteiger partial charge on any atom is 0.252 e. The van der Waals surface area contributed by atoms with E-state index in [4.69, 9.17) is 5.73 Å². The van der Waals surface area contributed by atoms with E-state index in [0.717, 1.165) is 5.56 Å². The summed E-state index contributed by atoms with van der Waals surface area (Å²) in [4.78, 5) is 11.9. The minimum absolute atomic E-state index is 0.209. The van der Waals surface area contributed by atoms with E-state index in [9.17, 15) is 4.79 Å². The first kappa shape index (κ1) is 11.1. The number of aromatic amines is 1. The van der Waals surface area contributed by atoms with Gasteiger partial charge in [-0.3, -0.25) is 4.79 Å². The average Bonchev–Trinajstić information content (AvgIpc) is 2.82. The van der Waals surface area contributed by atoms with Gasteiger partial charge in [0.15, 0.2) is 5.82 Å². The van der Waals surface area contributed by atoms with Crippen LogP contribution in [-0.4, -0.2) is 26.5 Å². The minimum Gasteiger partial charge on any atom is -0.398 e. The number of nitrogens with one attached hydrogen (secondary N) is 2. The van der Waals surface area contributed by atoms with Crippen LogP contribution in [0.4, 0.5) is 5.69 Å². The molecule has 0 atom stereocenters. The first-order chi connectivity index (χ1) is 8.18. The van der Waals surface area contributed by atoms with Crippen molar-refractivity contribution in [2.45, 2.75) is 13.5 Å². The molecule has 1 amide bonds. The molecule has 0 fully saturated rings. The van der Waals surface area contributed by atoms with Crippen LogP contribution < -0.4 is 11.1 Å². The largest absolute Gasteiger partial charge is 0.398 e. The third kappa shape index (κ3) is 2.39. The number of rotatable bonds is 3. The van der Waals surface area contributed by atoms with Crippen LogP contribution in [-0.2, 0) is 6.54 Å². The Hall–Kier alpha value is -2.44. The molecule has 0 saturated heterocycles. The zero-order valence-electron chi connectivity index (χ0n) is 9.27. The van der Waals surface area contributed by atoms with Crippen molar-refractivity contribution in [3.05, 3.63) is 35.2 Å². The molecule has 0 radical (unpaired) electrons. The summed E-state index contributed by atoms with van der Waals surface area (Å²) in [6.07, 6.45) is 0. The number of tetrazole rings is 1. The molecule has 0 aliphatic heterocycles. The van der Waals surface area contributed by atoms with Gasteiger partial charge >= 0.3 is 0 Å². The van der Waals surface area contributed by atoms with E-state index >= 15 is 0 Å². The van der Waals surface area contributed by atoms with E-state index in [0.29, 0.717) is 17.1 Å². The molecule has 4 N–H and O–H groups in total. The molecule has 0 unspecified atom stereocenters. The summed E-state index contributed by atoms with van der Waals surface area (Å²) in [5, 5.41) is 15.9. The van der Waals surface area contributed by atoms with Crippen molar-refractivity contribution >= 4 is 11.6 Å². The van der Waals surface area contributed by atoms with Gasteiger partial charge in [0.2, 0.25) is 0 Å². The summed E-state index contributed by atoms with van der Waals surface area (Å²) in [5.41, 5.74) is 7.64. The number of amides is 1. The average molecular weight is 232 g/mol. The topological polar surface area (TPSA) is 110 Å². The van der Waals surface area contributed by atoms with E-state index < -0.39 is 0 Å². The Kier molecular flexibility index (Phi) is 2.99. The number of benzene rings is 1. The van der Waals surface area contributed by atoms with Gasteiger partial charge < -0.3 is 11.1 Å². The lowest BCUT2D eigenvalue weighted by molar-refractivity contribution is 0.0949. The maximum atomic E-state index is 11.9. The summed E-state index contributed by atoms with van der Waals surface area (Å²) in [6, 6.07) is 5.22. The number of nitrogens with two attached hydrogens (primary N) is 1. The molecule has 7 heteroatoms. The third-order valence-electron chi connectivity index (χ3n) is 2.42. The van der Waals surface area contributed by atoms with Gasteiger partial charge in [0, 0.05) is 11.3 Å². The standard InChI is InChI=1S/C10H12N6O/c1-6-7(3-2-4-8(6)11)10(17)12-5-9-13-15-16-14-9/h2-4H,5,11H2,1H3,(H,12,17)(H,13,14,15,16). The lowest BCUT2D eigenvalue weighted by atomic mass is 10.1. The van der Waals surface area contributed by atoms with Gasteiger partial charge in [-0.05, 0) is 24.6 Å². The van der Waals surface area contributed by atoms with Gasteiger partial charge in [-0.2, -0.15) is 5.21 Å². The Balaban J connectivity index is 2.07. The van der Waals surface area contributed by atoms with Crippen molar-refractivity contribution in [2.24, 2.45) is 0 Å². The minimum atomic E-state index is -0.209. The highest BCUT2D eigenvalue weighted by Crippen LogP contribution is 2.15. The number of anilines is 1. The molecule has 17 heavy (non-hydrogen) atoms. The summed E-state index contributed by atoms with van der Waals surface area (Å²) in [5.74, 6) is 0.222. The van der Waals surface area contributed by atoms with Gasteiger partial charge in [-0.15, -0.1) is 10.2 Å². The molecule has 88 valence electrons. The lowest BCUT2D eigenvalue weighted by Gasteiger charge is -2.07. The van der Waals surface area contributed by atoms with Gasteiger partial charge in [0.25, 0.3) is 5.91 Å². The Bertz CT molecular complexity index is 522. The maximum absolute atomic E-state index is 11.9. The van der Waals surface area contributed by atoms with Crippen LogP contribution in [0, 0.1) is 6.92 Å². The van der Waals surface area contributed by atoms with Crippen molar-refractivity contribution < 1.29 is 4.79 Å². The number of carbonyl (C=O) groups is 1. The number of carbonyl (C=O) groups excluding carboxylic acids is 1. The molecule has 1 aromatic heterocycles. The summed E-state index contributed by atoms with van der Waals surface area (Å²) in [6.45, 7) is 2.03. The van der Waals surface area contributed by atoms with Crippen LogP contribution in [0.15, 0.2) is 18.2 Å². The molecule has 0 spiro atoms. The molecule has 0 bridgehead atoms. The molecular weight excluding hydrogens is 220 g/mol. The molecule has 2 rings (SSSR count). The van der Waals surface area contributed by atoms with Gasteiger partial charge in [-0.25, -0.2) is 0 Å². The number of aromatic nitrogens is 4. The van der Waals surface area contributed by atoms with Crippen LogP contribution in [0.3, 0.4) is 0 Å². The molecule has 0 aliphatic carbocycles. The van der Waals surface area contributed by atoms with E-state index in [2.05, 4.69) is 25.9 Å². The van der Waals surface area contributed by atoms with Gasteiger partial charge in [0.05, 0.1) is 6.54 Å². The quantitative estimate of drug-likeness (QED) is 0.646. The van der Waals surface area contributed by atoms with Crippen molar-refractivity contribution in [3.63, 3.8) is 0 Å². The number of hydrogen-bond donors (Lipinski definition) is 3. The fraction of sp³-hybridized carbons (Fsp3) is 0.200. The van der Waals surface area contributed by atoms with E-state index in [1.54, 1.807) is 25.1 Å². The highest BCUT2D eigenvalue weighted by Gasteiger charge is 2.10. The molecule has 0 saturated carbocycles. The highest BCUT2D eigenvalue weighted by atomic mass is 16.1. The SMILES string of the molecule is Cc1c(N)cccc1C(=O)NCc1nn[nH]n1. The molecule has 1 heterocycles. The van der Waals surface area contributed by atoms with Crippen LogP contribution in [0.25, 0.3) is 0 Å². The molecule has 7 nitrogen and oxygen atoms in total. The molecule has 1 aromatic carbocycles. The monoisotopic (exact) mass is 232 g/mol. The van der Waals surface area contributed by atoms with Gasteiger partial charge in [-0.1, -0.05) is 11.3 Å². The fourth-order valence-electron chi connectivity index (χ4n) is 1.41. The molecule has 2 aromatic rings. The summed E-state index contributed by atoms with van der Waals surface area (Å²) in [7, 11) is 0. The number of H-pyrrole nitrogens is 1. The Morgan fingerprint density at radius 3 is 3.06 bits per heavy atom. The molecule has 0 aliphatic rings. The Labute approximate surface area is 97.4 Å². The summed E-state index contributed by atoms with van der Waals surface area (Å²) < 4.78 is 0. The van der Waals surface area contributed by atoms with E-state index in [1.165, 1.54) is 0 Å². The Morgan fingerprint density at radius 2 is 2.35 bits per heavy atom. The second kappa shape index (κ2) is 4.60. The lowest BCUT2D eigenvalue weighted by Crippen LogP contribution is -2.24.